The molecule has 1 heterocycles. The number of ether oxygens (including phenoxy) is 2. The number of carbonyl (C=O) groups excluding carboxylic acids is 2. The van der Waals surface area contributed by atoms with Gasteiger partial charge in [-0.1, -0.05) is 42.5 Å². The molecule has 0 radical (unpaired) electrons. The Morgan fingerprint density at radius 1 is 1.00 bits per heavy atom. The Morgan fingerprint density at radius 3 is 2.50 bits per heavy atom. The van der Waals surface area contributed by atoms with Crippen molar-refractivity contribution in [2.24, 2.45) is 0 Å². The van der Waals surface area contributed by atoms with Gasteiger partial charge in [-0.05, 0) is 24.6 Å². The topological polar surface area (TPSA) is 65.5 Å². The van der Waals surface area contributed by atoms with Gasteiger partial charge in [0.15, 0.2) is 0 Å². The molecule has 5 nitrogen and oxygen atoms in total. The number of nitrogens with zero attached hydrogens (tertiary/aromatic N) is 1. The highest BCUT2D eigenvalue weighted by Crippen LogP contribution is 2.26. The summed E-state index contributed by atoms with van der Waals surface area (Å²) in [4.78, 5) is 28.0. The zero-order chi connectivity index (χ0) is 18.4. The van der Waals surface area contributed by atoms with E-state index in [-0.39, 0.29) is 13.0 Å². The Bertz CT molecular complexity index is 922. The van der Waals surface area contributed by atoms with E-state index in [2.05, 4.69) is 4.98 Å². The van der Waals surface area contributed by atoms with Crippen LogP contribution in [0.2, 0.25) is 0 Å². The number of hydrogen-bond donors (Lipinski definition) is 0. The van der Waals surface area contributed by atoms with Crippen LogP contribution in [0.3, 0.4) is 0 Å². The van der Waals surface area contributed by atoms with Crippen LogP contribution in [-0.4, -0.2) is 23.3 Å². The third kappa shape index (κ3) is 4.25. The highest BCUT2D eigenvalue weighted by atomic mass is 16.5. The first-order valence-electron chi connectivity index (χ1n) is 8.42. The molecule has 1 aromatic heterocycles. The second-order valence-corrected chi connectivity index (χ2v) is 5.72. The molecule has 0 amide bonds. The summed E-state index contributed by atoms with van der Waals surface area (Å²) in [5, 5.41) is 0.857. The van der Waals surface area contributed by atoms with Crippen LogP contribution in [0.15, 0.2) is 60.7 Å². The lowest BCUT2D eigenvalue weighted by Gasteiger charge is -2.11. The third-order valence-electron chi connectivity index (χ3n) is 3.81. The smallest absolute Gasteiger partial charge is 0.375 e. The zero-order valence-corrected chi connectivity index (χ0v) is 14.5. The van der Waals surface area contributed by atoms with Crippen LogP contribution in [0.25, 0.3) is 10.9 Å². The molecule has 132 valence electrons. The number of carbonyl (C=O) groups is 2. The molecule has 0 unspecified atom stereocenters. The van der Waals surface area contributed by atoms with Gasteiger partial charge >= 0.3 is 5.97 Å². The zero-order valence-electron chi connectivity index (χ0n) is 14.5. The maximum absolute atomic E-state index is 12.0. The molecule has 2 aromatic carbocycles. The van der Waals surface area contributed by atoms with E-state index >= 15 is 0 Å². The molecule has 26 heavy (non-hydrogen) atoms. The minimum absolute atomic E-state index is 0.120. The fraction of sp³-hybridized carbons (Fsp3) is 0.190. The van der Waals surface area contributed by atoms with Gasteiger partial charge in [-0.3, -0.25) is 9.78 Å². The number of aromatic nitrogens is 1. The van der Waals surface area contributed by atoms with Crippen molar-refractivity contribution in [1.29, 1.82) is 0 Å². The van der Waals surface area contributed by atoms with Crippen molar-refractivity contribution in [3.63, 3.8) is 0 Å². The molecule has 0 aliphatic heterocycles. The summed E-state index contributed by atoms with van der Waals surface area (Å²) in [6.07, 6.45) is -0.120. The van der Waals surface area contributed by atoms with Crippen LogP contribution in [0, 0.1) is 0 Å². The minimum Gasteiger partial charge on any atom is -0.488 e. The van der Waals surface area contributed by atoms with Crippen LogP contribution >= 0.6 is 0 Å². The molecule has 0 aliphatic carbocycles. The SMILES string of the molecule is CCOC(=O)C(=O)Cc1cc(OCc2ccccc2)c2ccccc2n1. The number of pyridine rings is 1. The molecule has 0 atom stereocenters. The Labute approximate surface area is 151 Å². The monoisotopic (exact) mass is 349 g/mol. The van der Waals surface area contributed by atoms with Crippen molar-refractivity contribution >= 4 is 22.7 Å². The van der Waals surface area contributed by atoms with Crippen molar-refractivity contribution < 1.29 is 19.1 Å². The first kappa shape index (κ1) is 17.6. The summed E-state index contributed by atoms with van der Waals surface area (Å²) in [5.74, 6) is -0.830. The fourth-order valence-corrected chi connectivity index (χ4v) is 2.59. The molecule has 3 aromatic rings. The lowest BCUT2D eigenvalue weighted by molar-refractivity contribution is -0.153. The van der Waals surface area contributed by atoms with Crippen molar-refractivity contribution in [2.45, 2.75) is 20.0 Å². The van der Waals surface area contributed by atoms with E-state index in [4.69, 9.17) is 9.47 Å². The lowest BCUT2D eigenvalue weighted by Crippen LogP contribution is -2.20. The van der Waals surface area contributed by atoms with Gasteiger partial charge in [0.2, 0.25) is 5.78 Å². The van der Waals surface area contributed by atoms with E-state index in [9.17, 15) is 9.59 Å². The van der Waals surface area contributed by atoms with Crippen molar-refractivity contribution in [2.75, 3.05) is 6.61 Å². The van der Waals surface area contributed by atoms with Gasteiger partial charge in [-0.15, -0.1) is 0 Å². The average Bonchev–Trinajstić information content (AvgIpc) is 2.67. The average molecular weight is 349 g/mol. The predicted octanol–water partition coefficient (Wildman–Crippen LogP) is 3.49. The standard InChI is InChI=1S/C21H19NO4/c1-2-25-21(24)19(23)12-16-13-20(17-10-6-7-11-18(17)22-16)26-14-15-8-4-3-5-9-15/h3-11,13H,2,12,14H2,1H3. The number of para-hydroxylation sites is 1. The van der Waals surface area contributed by atoms with E-state index in [0.717, 1.165) is 10.9 Å². The van der Waals surface area contributed by atoms with Crippen LogP contribution in [-0.2, 0) is 27.4 Å². The molecule has 3 rings (SSSR count). The van der Waals surface area contributed by atoms with Crippen LogP contribution in [0.1, 0.15) is 18.2 Å². The summed E-state index contributed by atoms with van der Waals surface area (Å²) < 4.78 is 10.7. The molecule has 0 N–H and O–H groups in total. The Hall–Kier alpha value is -3.21. The van der Waals surface area contributed by atoms with Gasteiger partial charge in [0.05, 0.1) is 24.2 Å². The minimum atomic E-state index is -0.839. The van der Waals surface area contributed by atoms with Crippen molar-refractivity contribution in [3.8, 4) is 5.75 Å². The number of esters is 1. The number of rotatable bonds is 7. The molecular weight excluding hydrogens is 330 g/mol. The molecule has 0 saturated carbocycles. The molecule has 0 bridgehead atoms. The highest BCUT2D eigenvalue weighted by Gasteiger charge is 2.17. The Balaban J connectivity index is 1.86. The van der Waals surface area contributed by atoms with Crippen LogP contribution in [0.4, 0.5) is 0 Å². The second kappa shape index (κ2) is 8.25. The van der Waals surface area contributed by atoms with Gasteiger partial charge in [0, 0.05) is 11.5 Å². The van der Waals surface area contributed by atoms with Crippen LogP contribution in [0.5, 0.6) is 5.75 Å². The second-order valence-electron chi connectivity index (χ2n) is 5.72. The number of fused-ring (bicyclic) bond motifs is 1. The number of benzene rings is 2. The van der Waals surface area contributed by atoms with E-state index in [1.54, 1.807) is 13.0 Å². The fourth-order valence-electron chi connectivity index (χ4n) is 2.59. The number of Topliss-reactive ketones (excluding diaryl/α,β-unsaturated/α-hetero) is 1. The molecule has 0 fully saturated rings. The van der Waals surface area contributed by atoms with E-state index < -0.39 is 11.8 Å². The largest absolute Gasteiger partial charge is 0.488 e. The quantitative estimate of drug-likeness (QED) is 0.482. The summed E-state index contributed by atoms with van der Waals surface area (Å²) >= 11 is 0. The Morgan fingerprint density at radius 2 is 1.73 bits per heavy atom. The molecule has 0 aliphatic rings. The highest BCUT2D eigenvalue weighted by molar-refractivity contribution is 6.34. The molecule has 5 heteroatoms. The van der Waals surface area contributed by atoms with Gasteiger partial charge in [0.25, 0.3) is 0 Å². The maximum atomic E-state index is 12.0. The lowest BCUT2D eigenvalue weighted by atomic mass is 10.1. The van der Waals surface area contributed by atoms with Crippen LogP contribution < -0.4 is 4.74 Å². The molecule has 0 spiro atoms. The first-order valence-corrected chi connectivity index (χ1v) is 8.42. The number of hydrogen-bond acceptors (Lipinski definition) is 5. The van der Waals surface area contributed by atoms with Crippen molar-refractivity contribution in [1.82, 2.24) is 4.98 Å². The number of ketones is 1. The predicted molar refractivity (Wildman–Crippen MR) is 97.9 cm³/mol. The normalized spacial score (nSPS) is 10.5. The summed E-state index contributed by atoms with van der Waals surface area (Å²) in [5.41, 5.74) is 2.23. The maximum Gasteiger partial charge on any atom is 0.375 e. The Kier molecular flexibility index (Phi) is 5.59. The van der Waals surface area contributed by atoms with E-state index in [1.165, 1.54) is 0 Å². The van der Waals surface area contributed by atoms with Gasteiger partial charge in [-0.2, -0.15) is 0 Å². The van der Waals surface area contributed by atoms with Gasteiger partial charge in [0.1, 0.15) is 12.4 Å². The van der Waals surface area contributed by atoms with Crippen molar-refractivity contribution in [3.05, 3.63) is 71.9 Å². The first-order chi connectivity index (χ1) is 12.7. The van der Waals surface area contributed by atoms with Gasteiger partial charge in [-0.25, -0.2) is 4.79 Å². The summed E-state index contributed by atoms with van der Waals surface area (Å²) in [7, 11) is 0. The third-order valence-corrected chi connectivity index (χ3v) is 3.81. The van der Waals surface area contributed by atoms with Gasteiger partial charge < -0.3 is 9.47 Å². The summed E-state index contributed by atoms with van der Waals surface area (Å²) in [6, 6.07) is 19.1. The van der Waals surface area contributed by atoms with E-state index in [1.807, 2.05) is 54.6 Å². The van der Waals surface area contributed by atoms with E-state index in [0.29, 0.717) is 23.6 Å². The molecular formula is C21H19NO4. The summed E-state index contributed by atoms with van der Waals surface area (Å²) in [6.45, 7) is 2.23. The molecule has 0 saturated heterocycles.